The Hall–Kier alpha value is -4.16. The summed E-state index contributed by atoms with van der Waals surface area (Å²) in [5.74, 6) is -1.55. The average molecular weight is 670 g/mol. The van der Waals surface area contributed by atoms with Crippen molar-refractivity contribution in [3.8, 4) is 0 Å². The first-order valence-corrected chi connectivity index (χ1v) is 15.8. The molecule has 4 rings (SSSR count). The molecule has 3 amide bonds. The standard InChI is InChI=1S/C31H26Cl2N4O5S2/c1-2-42-27(39)16-22-17-44-31(35-22)37-26(38)18-43-23-13-11-21(12-14-23)34-30(41)25(15-20-9-6-10-24(32)28(20)33)36-29(40)19-7-4-3-5-8-19/h3-15,17H,2,16,18H2,1H3,(H,34,41)(H,36,40)(H,35,37,38)/b25-15-. The van der Waals surface area contributed by atoms with E-state index in [9.17, 15) is 19.2 Å². The highest BCUT2D eigenvalue weighted by molar-refractivity contribution is 8.00. The summed E-state index contributed by atoms with van der Waals surface area (Å²) in [6, 6.07) is 20.4. The summed E-state index contributed by atoms with van der Waals surface area (Å²) in [4.78, 5) is 55.2. The van der Waals surface area contributed by atoms with Gasteiger partial charge in [0.05, 0.1) is 34.5 Å². The number of hydrogen-bond acceptors (Lipinski definition) is 8. The van der Waals surface area contributed by atoms with Gasteiger partial charge in [0.1, 0.15) is 5.70 Å². The van der Waals surface area contributed by atoms with E-state index < -0.39 is 11.8 Å². The minimum absolute atomic E-state index is 0.0364. The van der Waals surface area contributed by atoms with Gasteiger partial charge in [-0.15, -0.1) is 23.1 Å². The van der Waals surface area contributed by atoms with Gasteiger partial charge in [0.25, 0.3) is 11.8 Å². The molecule has 0 atom stereocenters. The Morgan fingerprint density at radius 1 is 0.955 bits per heavy atom. The molecule has 0 unspecified atom stereocenters. The first-order chi connectivity index (χ1) is 21.2. The van der Waals surface area contributed by atoms with E-state index in [1.807, 2.05) is 0 Å². The number of thiazole rings is 1. The van der Waals surface area contributed by atoms with Gasteiger partial charge in [-0.2, -0.15) is 0 Å². The van der Waals surface area contributed by atoms with E-state index in [0.717, 1.165) is 4.90 Å². The van der Waals surface area contributed by atoms with Crippen LogP contribution in [0.25, 0.3) is 6.08 Å². The van der Waals surface area contributed by atoms with Crippen LogP contribution in [-0.4, -0.2) is 41.0 Å². The summed E-state index contributed by atoms with van der Waals surface area (Å²) in [7, 11) is 0. The normalized spacial score (nSPS) is 11.0. The molecule has 0 saturated heterocycles. The van der Waals surface area contributed by atoms with Crippen LogP contribution in [0.5, 0.6) is 0 Å². The molecule has 226 valence electrons. The van der Waals surface area contributed by atoms with Crippen molar-refractivity contribution in [1.82, 2.24) is 10.3 Å². The van der Waals surface area contributed by atoms with Gasteiger partial charge in [0.15, 0.2) is 5.13 Å². The second-order valence-electron chi connectivity index (χ2n) is 8.96. The highest BCUT2D eigenvalue weighted by Crippen LogP contribution is 2.27. The van der Waals surface area contributed by atoms with Crippen molar-refractivity contribution < 1.29 is 23.9 Å². The Kier molecular flexibility index (Phi) is 12.0. The number of aromatic nitrogens is 1. The fourth-order valence-electron chi connectivity index (χ4n) is 3.67. The average Bonchev–Trinajstić information content (AvgIpc) is 3.45. The molecule has 1 heterocycles. The molecular weight excluding hydrogens is 643 g/mol. The van der Waals surface area contributed by atoms with Crippen LogP contribution in [-0.2, 0) is 25.5 Å². The van der Waals surface area contributed by atoms with Crippen molar-refractivity contribution in [2.75, 3.05) is 23.0 Å². The molecule has 3 N–H and O–H groups in total. The Morgan fingerprint density at radius 3 is 2.43 bits per heavy atom. The van der Waals surface area contributed by atoms with Crippen LogP contribution in [0.3, 0.4) is 0 Å². The lowest BCUT2D eigenvalue weighted by Gasteiger charge is -2.12. The van der Waals surface area contributed by atoms with Crippen LogP contribution in [0.2, 0.25) is 10.0 Å². The van der Waals surface area contributed by atoms with E-state index in [4.69, 9.17) is 27.9 Å². The van der Waals surface area contributed by atoms with Crippen molar-refractivity contribution >= 4 is 86.9 Å². The van der Waals surface area contributed by atoms with Crippen LogP contribution in [0.15, 0.2) is 88.8 Å². The Labute approximate surface area is 272 Å². The topological polar surface area (TPSA) is 126 Å². The monoisotopic (exact) mass is 668 g/mol. The van der Waals surface area contributed by atoms with E-state index in [1.165, 1.54) is 29.2 Å². The molecule has 0 aliphatic carbocycles. The number of halogens is 2. The fraction of sp³-hybridized carbons (Fsp3) is 0.129. The first-order valence-electron chi connectivity index (χ1n) is 13.2. The third-order valence-electron chi connectivity index (χ3n) is 5.72. The number of anilines is 2. The second-order valence-corrected chi connectivity index (χ2v) is 11.7. The maximum absolute atomic E-state index is 13.3. The summed E-state index contributed by atoms with van der Waals surface area (Å²) >= 11 is 15.0. The van der Waals surface area contributed by atoms with Gasteiger partial charge in [-0.3, -0.25) is 19.2 Å². The maximum Gasteiger partial charge on any atom is 0.311 e. The molecule has 0 aliphatic rings. The Bertz CT molecular complexity index is 1680. The van der Waals surface area contributed by atoms with E-state index in [1.54, 1.807) is 85.1 Å². The van der Waals surface area contributed by atoms with E-state index >= 15 is 0 Å². The third kappa shape index (κ3) is 9.68. The molecule has 0 radical (unpaired) electrons. The molecule has 1 aromatic heterocycles. The predicted octanol–water partition coefficient (Wildman–Crippen LogP) is 6.70. The van der Waals surface area contributed by atoms with Gasteiger partial charge in [-0.25, -0.2) is 4.98 Å². The number of rotatable bonds is 12. The van der Waals surface area contributed by atoms with Crippen molar-refractivity contribution in [2.24, 2.45) is 0 Å². The Morgan fingerprint density at radius 2 is 1.70 bits per heavy atom. The SMILES string of the molecule is CCOC(=O)Cc1csc(NC(=O)CSc2ccc(NC(=O)/C(=C/c3cccc(Cl)c3Cl)NC(=O)c3ccccc3)cc2)n1. The molecule has 0 bridgehead atoms. The van der Waals surface area contributed by atoms with E-state index in [-0.39, 0.29) is 34.8 Å². The second kappa shape index (κ2) is 16.1. The van der Waals surface area contributed by atoms with Crippen LogP contribution in [0, 0.1) is 0 Å². The Balaban J connectivity index is 1.37. The quantitative estimate of drug-likeness (QED) is 0.0871. The summed E-state index contributed by atoms with van der Waals surface area (Å²) in [5.41, 5.74) is 1.79. The molecule has 0 fully saturated rings. The summed E-state index contributed by atoms with van der Waals surface area (Å²) in [5, 5.41) is 10.8. The van der Waals surface area contributed by atoms with Crippen LogP contribution in [0.1, 0.15) is 28.5 Å². The molecule has 0 aliphatic heterocycles. The van der Waals surface area contributed by atoms with Gasteiger partial charge in [0.2, 0.25) is 5.91 Å². The minimum Gasteiger partial charge on any atom is -0.466 e. The molecule has 0 saturated carbocycles. The summed E-state index contributed by atoms with van der Waals surface area (Å²) in [6.07, 6.45) is 1.50. The van der Waals surface area contributed by atoms with Gasteiger partial charge in [-0.1, -0.05) is 53.5 Å². The molecule has 9 nitrogen and oxygen atoms in total. The van der Waals surface area contributed by atoms with E-state index in [2.05, 4.69) is 20.9 Å². The number of nitrogens with zero attached hydrogens (tertiary/aromatic N) is 1. The van der Waals surface area contributed by atoms with Crippen molar-refractivity contribution in [2.45, 2.75) is 18.2 Å². The zero-order valence-corrected chi connectivity index (χ0v) is 26.4. The maximum atomic E-state index is 13.3. The number of esters is 1. The van der Waals surface area contributed by atoms with Crippen LogP contribution in [0.4, 0.5) is 10.8 Å². The zero-order valence-electron chi connectivity index (χ0n) is 23.3. The minimum atomic E-state index is -0.573. The van der Waals surface area contributed by atoms with Crippen molar-refractivity contribution in [3.63, 3.8) is 0 Å². The summed E-state index contributed by atoms with van der Waals surface area (Å²) < 4.78 is 4.91. The lowest BCUT2D eigenvalue weighted by Crippen LogP contribution is -2.30. The fourth-order valence-corrected chi connectivity index (χ4v) is 5.46. The van der Waals surface area contributed by atoms with Gasteiger partial charge < -0.3 is 20.7 Å². The van der Waals surface area contributed by atoms with E-state index in [0.29, 0.717) is 39.3 Å². The summed E-state index contributed by atoms with van der Waals surface area (Å²) in [6.45, 7) is 2.02. The van der Waals surface area contributed by atoms with Gasteiger partial charge in [-0.05, 0) is 61.0 Å². The zero-order chi connectivity index (χ0) is 31.5. The number of thioether (sulfide) groups is 1. The smallest absolute Gasteiger partial charge is 0.311 e. The van der Waals surface area contributed by atoms with Crippen LogP contribution >= 0.6 is 46.3 Å². The van der Waals surface area contributed by atoms with Crippen LogP contribution < -0.4 is 16.0 Å². The molecular formula is C31H26Cl2N4O5S2. The van der Waals surface area contributed by atoms with Crippen molar-refractivity contribution in [3.05, 3.63) is 111 Å². The molecule has 3 aromatic carbocycles. The lowest BCUT2D eigenvalue weighted by atomic mass is 10.1. The number of carbonyl (C=O) groups excluding carboxylic acids is 4. The largest absolute Gasteiger partial charge is 0.466 e. The number of ether oxygens (including phenoxy) is 1. The van der Waals surface area contributed by atoms with Crippen molar-refractivity contribution in [1.29, 1.82) is 0 Å². The number of amides is 3. The molecule has 13 heteroatoms. The number of carbonyl (C=O) groups is 4. The highest BCUT2D eigenvalue weighted by atomic mass is 35.5. The molecule has 0 spiro atoms. The number of benzene rings is 3. The highest BCUT2D eigenvalue weighted by Gasteiger charge is 2.17. The number of nitrogens with one attached hydrogen (secondary N) is 3. The van der Waals surface area contributed by atoms with Gasteiger partial charge >= 0.3 is 5.97 Å². The first kappa shape index (κ1) is 32.7. The third-order valence-corrected chi connectivity index (χ3v) is 8.37. The number of hydrogen-bond donors (Lipinski definition) is 3. The lowest BCUT2D eigenvalue weighted by molar-refractivity contribution is -0.142. The predicted molar refractivity (Wildman–Crippen MR) is 175 cm³/mol. The van der Waals surface area contributed by atoms with Gasteiger partial charge in [0, 0.05) is 21.5 Å². The molecule has 44 heavy (non-hydrogen) atoms. The molecule has 4 aromatic rings.